The molecule has 1 N–H and O–H groups in total. The highest BCUT2D eigenvalue weighted by Gasteiger charge is 2.17. The molecule has 0 unspecified atom stereocenters. The summed E-state index contributed by atoms with van der Waals surface area (Å²) in [4.78, 5) is 17.6. The van der Waals surface area contributed by atoms with Gasteiger partial charge in [0.05, 0.1) is 23.6 Å². The van der Waals surface area contributed by atoms with Crippen LogP contribution in [0.5, 0.6) is 0 Å². The number of anilines is 2. The maximum absolute atomic E-state index is 4.44. The van der Waals surface area contributed by atoms with E-state index in [0.717, 1.165) is 31.8 Å². The second-order valence-corrected chi connectivity index (χ2v) is 7.56. The third-order valence-electron chi connectivity index (χ3n) is 3.52. The Morgan fingerprint density at radius 3 is 2.35 bits per heavy atom. The number of fused-ring (bicyclic) bond motifs is 1. The van der Waals surface area contributed by atoms with Crippen LogP contribution in [0, 0.1) is 10.5 Å². The largest absolute Gasteiger partial charge is 0.337 e. The van der Waals surface area contributed by atoms with Crippen molar-refractivity contribution in [3.8, 4) is 0 Å². The van der Waals surface area contributed by atoms with E-state index in [2.05, 4.69) is 81.6 Å². The zero-order valence-electron chi connectivity index (χ0n) is 13.6. The summed E-state index contributed by atoms with van der Waals surface area (Å²) < 4.78 is 1.14. The molecule has 1 aromatic carbocycles. The van der Waals surface area contributed by atoms with Gasteiger partial charge < -0.3 is 5.32 Å². The second-order valence-electron chi connectivity index (χ2n) is 6.49. The SMILES string of the molecule is Cc1ccc2c(Nc3cnc(C(C)(C)C)nc3)ncnc2c1I. The summed E-state index contributed by atoms with van der Waals surface area (Å²) in [5.41, 5.74) is 2.91. The minimum absolute atomic E-state index is 0.0617. The van der Waals surface area contributed by atoms with Gasteiger partial charge in [0, 0.05) is 14.4 Å². The monoisotopic (exact) mass is 419 g/mol. The van der Waals surface area contributed by atoms with Crippen LogP contribution >= 0.6 is 22.6 Å². The average molecular weight is 419 g/mol. The van der Waals surface area contributed by atoms with Crippen molar-refractivity contribution in [2.24, 2.45) is 0 Å². The van der Waals surface area contributed by atoms with E-state index >= 15 is 0 Å². The first-order valence-electron chi connectivity index (χ1n) is 7.35. The molecule has 23 heavy (non-hydrogen) atoms. The maximum Gasteiger partial charge on any atom is 0.141 e. The van der Waals surface area contributed by atoms with Crippen molar-refractivity contribution in [3.05, 3.63) is 45.8 Å². The number of hydrogen-bond donors (Lipinski definition) is 1. The topological polar surface area (TPSA) is 63.6 Å². The van der Waals surface area contributed by atoms with E-state index in [1.54, 1.807) is 18.7 Å². The molecule has 0 amide bonds. The molecule has 3 aromatic rings. The Kier molecular flexibility index (Phi) is 4.18. The van der Waals surface area contributed by atoms with Crippen LogP contribution in [0.1, 0.15) is 32.2 Å². The quantitative estimate of drug-likeness (QED) is 0.625. The number of halogens is 1. The zero-order chi connectivity index (χ0) is 16.6. The molecular weight excluding hydrogens is 401 g/mol. The van der Waals surface area contributed by atoms with Crippen LogP contribution in [0.4, 0.5) is 11.5 Å². The molecule has 5 nitrogen and oxygen atoms in total. The minimum atomic E-state index is -0.0617. The van der Waals surface area contributed by atoms with Crippen LogP contribution in [-0.4, -0.2) is 19.9 Å². The van der Waals surface area contributed by atoms with Gasteiger partial charge in [-0.1, -0.05) is 26.8 Å². The maximum atomic E-state index is 4.44. The highest BCUT2D eigenvalue weighted by atomic mass is 127. The summed E-state index contributed by atoms with van der Waals surface area (Å²) in [5.74, 6) is 1.58. The molecule has 0 aliphatic carbocycles. The second kappa shape index (κ2) is 5.99. The Hall–Kier alpha value is -1.83. The first-order valence-corrected chi connectivity index (χ1v) is 8.43. The van der Waals surface area contributed by atoms with Crippen LogP contribution < -0.4 is 5.32 Å². The van der Waals surface area contributed by atoms with Crippen molar-refractivity contribution in [3.63, 3.8) is 0 Å². The Balaban J connectivity index is 1.97. The van der Waals surface area contributed by atoms with E-state index in [-0.39, 0.29) is 5.41 Å². The van der Waals surface area contributed by atoms with Gasteiger partial charge in [-0.2, -0.15) is 0 Å². The Morgan fingerprint density at radius 1 is 1.00 bits per heavy atom. The number of nitrogens with zero attached hydrogens (tertiary/aromatic N) is 4. The molecule has 0 spiro atoms. The first kappa shape index (κ1) is 16.0. The van der Waals surface area contributed by atoms with Gasteiger partial charge in [0.2, 0.25) is 0 Å². The fourth-order valence-electron chi connectivity index (χ4n) is 2.21. The standard InChI is InChI=1S/C17H18IN5/c1-10-5-6-12-14(13(10)18)21-9-22-15(12)23-11-7-19-16(20-8-11)17(2,3)4/h5-9H,1-4H3,(H,21,22,23). The Labute approximate surface area is 149 Å². The molecule has 118 valence electrons. The fourth-order valence-corrected chi connectivity index (χ4v) is 2.82. The molecular formula is C17H18IN5. The van der Waals surface area contributed by atoms with Crippen molar-refractivity contribution in [2.45, 2.75) is 33.1 Å². The number of rotatable bonds is 2. The summed E-state index contributed by atoms with van der Waals surface area (Å²) in [7, 11) is 0. The summed E-state index contributed by atoms with van der Waals surface area (Å²) >= 11 is 2.32. The lowest BCUT2D eigenvalue weighted by atomic mass is 9.96. The molecule has 0 saturated heterocycles. The van der Waals surface area contributed by atoms with Gasteiger partial charge in [-0.25, -0.2) is 19.9 Å². The molecule has 2 heterocycles. The number of aryl methyl sites for hydroxylation is 1. The van der Waals surface area contributed by atoms with E-state index < -0.39 is 0 Å². The molecule has 3 rings (SSSR count). The summed E-state index contributed by atoms with van der Waals surface area (Å²) in [6.07, 6.45) is 5.16. The highest BCUT2D eigenvalue weighted by Crippen LogP contribution is 2.28. The van der Waals surface area contributed by atoms with Crippen molar-refractivity contribution in [1.29, 1.82) is 0 Å². The van der Waals surface area contributed by atoms with Gasteiger partial charge in [0.15, 0.2) is 0 Å². The van der Waals surface area contributed by atoms with Crippen LogP contribution in [0.3, 0.4) is 0 Å². The number of aromatic nitrogens is 4. The fraction of sp³-hybridized carbons (Fsp3) is 0.294. The van der Waals surface area contributed by atoms with Gasteiger partial charge in [-0.15, -0.1) is 0 Å². The molecule has 0 atom stereocenters. The predicted molar refractivity (Wildman–Crippen MR) is 101 cm³/mol. The molecule has 0 aliphatic rings. The lowest BCUT2D eigenvalue weighted by Gasteiger charge is -2.16. The average Bonchev–Trinajstić information content (AvgIpc) is 2.51. The van der Waals surface area contributed by atoms with Gasteiger partial charge in [-0.05, 0) is 41.1 Å². The summed E-state index contributed by atoms with van der Waals surface area (Å²) in [5, 5.41) is 4.28. The van der Waals surface area contributed by atoms with Crippen LogP contribution in [0.15, 0.2) is 30.9 Å². The van der Waals surface area contributed by atoms with Crippen molar-refractivity contribution in [1.82, 2.24) is 19.9 Å². The van der Waals surface area contributed by atoms with Crippen molar-refractivity contribution in [2.75, 3.05) is 5.32 Å². The smallest absolute Gasteiger partial charge is 0.141 e. The van der Waals surface area contributed by atoms with E-state index in [4.69, 9.17) is 0 Å². The third-order valence-corrected chi connectivity index (χ3v) is 4.89. The van der Waals surface area contributed by atoms with E-state index in [0.29, 0.717) is 0 Å². The third kappa shape index (κ3) is 3.26. The zero-order valence-corrected chi connectivity index (χ0v) is 15.7. The minimum Gasteiger partial charge on any atom is -0.337 e. The molecule has 0 bridgehead atoms. The normalized spacial score (nSPS) is 11.7. The lowest BCUT2D eigenvalue weighted by Crippen LogP contribution is -2.15. The van der Waals surface area contributed by atoms with E-state index in [1.807, 2.05) is 6.07 Å². The number of nitrogens with one attached hydrogen (secondary N) is 1. The molecule has 0 aliphatic heterocycles. The van der Waals surface area contributed by atoms with Gasteiger partial charge >= 0.3 is 0 Å². The molecule has 2 aromatic heterocycles. The van der Waals surface area contributed by atoms with Crippen molar-refractivity contribution < 1.29 is 0 Å². The predicted octanol–water partition coefficient (Wildman–Crippen LogP) is 4.37. The molecule has 6 heteroatoms. The van der Waals surface area contributed by atoms with Crippen LogP contribution in [-0.2, 0) is 5.41 Å². The summed E-state index contributed by atoms with van der Waals surface area (Å²) in [6, 6.07) is 4.12. The van der Waals surface area contributed by atoms with Crippen LogP contribution in [0.25, 0.3) is 10.9 Å². The number of hydrogen-bond acceptors (Lipinski definition) is 5. The van der Waals surface area contributed by atoms with Crippen LogP contribution in [0.2, 0.25) is 0 Å². The van der Waals surface area contributed by atoms with E-state index in [1.165, 1.54) is 5.56 Å². The lowest BCUT2D eigenvalue weighted by molar-refractivity contribution is 0.545. The highest BCUT2D eigenvalue weighted by molar-refractivity contribution is 14.1. The first-order chi connectivity index (χ1) is 10.9. The molecule has 0 saturated carbocycles. The van der Waals surface area contributed by atoms with Gasteiger partial charge in [0.1, 0.15) is 18.0 Å². The Bertz CT molecular complexity index is 853. The van der Waals surface area contributed by atoms with Crippen molar-refractivity contribution >= 4 is 45.0 Å². The number of benzene rings is 1. The molecule has 0 fully saturated rings. The van der Waals surface area contributed by atoms with Gasteiger partial charge in [-0.3, -0.25) is 0 Å². The van der Waals surface area contributed by atoms with E-state index in [9.17, 15) is 0 Å². The van der Waals surface area contributed by atoms with Gasteiger partial charge in [0.25, 0.3) is 0 Å². The Morgan fingerprint density at radius 2 is 1.70 bits per heavy atom. The summed E-state index contributed by atoms with van der Waals surface area (Å²) in [6.45, 7) is 8.36. The molecule has 0 radical (unpaired) electrons.